The first kappa shape index (κ1) is 13.8. The SMILES string of the molecule is Cn1cncc1-c1cnc2cnc(NC(=O)C3(F)CC3)cc2c1. The number of carbonyl (C=O) groups is 1. The van der Waals surface area contributed by atoms with E-state index in [0.717, 1.165) is 16.6 Å². The van der Waals surface area contributed by atoms with Gasteiger partial charge in [-0.1, -0.05) is 0 Å². The summed E-state index contributed by atoms with van der Waals surface area (Å²) in [5.41, 5.74) is 0.828. The summed E-state index contributed by atoms with van der Waals surface area (Å²) in [4.78, 5) is 24.4. The van der Waals surface area contributed by atoms with Crippen molar-refractivity contribution in [2.45, 2.75) is 18.5 Å². The molecule has 1 aliphatic rings. The predicted molar refractivity (Wildman–Crippen MR) is 83.4 cm³/mol. The molecule has 1 amide bonds. The number of carbonyl (C=O) groups excluding carboxylic acids is 1. The molecule has 6 nitrogen and oxygen atoms in total. The van der Waals surface area contributed by atoms with Crippen molar-refractivity contribution in [2.24, 2.45) is 7.05 Å². The van der Waals surface area contributed by atoms with Crippen LogP contribution in [0.5, 0.6) is 0 Å². The zero-order chi connectivity index (χ0) is 16.0. The van der Waals surface area contributed by atoms with Gasteiger partial charge in [0.25, 0.3) is 5.91 Å². The van der Waals surface area contributed by atoms with Gasteiger partial charge in [-0.3, -0.25) is 9.78 Å². The zero-order valence-electron chi connectivity index (χ0n) is 12.5. The van der Waals surface area contributed by atoms with Gasteiger partial charge in [0.05, 0.1) is 29.9 Å². The van der Waals surface area contributed by atoms with Gasteiger partial charge >= 0.3 is 0 Å². The molecule has 3 heterocycles. The monoisotopic (exact) mass is 311 g/mol. The van der Waals surface area contributed by atoms with Crippen molar-refractivity contribution >= 4 is 22.6 Å². The number of halogens is 1. The van der Waals surface area contributed by atoms with E-state index in [1.165, 1.54) is 0 Å². The summed E-state index contributed by atoms with van der Waals surface area (Å²) in [5.74, 6) is -0.296. The summed E-state index contributed by atoms with van der Waals surface area (Å²) in [5, 5.41) is 3.35. The van der Waals surface area contributed by atoms with E-state index in [9.17, 15) is 9.18 Å². The third kappa shape index (κ3) is 2.44. The van der Waals surface area contributed by atoms with Crippen molar-refractivity contribution in [2.75, 3.05) is 5.32 Å². The Labute approximate surface area is 131 Å². The molecule has 23 heavy (non-hydrogen) atoms. The lowest BCUT2D eigenvalue weighted by Gasteiger charge is -2.08. The molecule has 1 fully saturated rings. The number of aryl methyl sites for hydroxylation is 1. The molecule has 0 radical (unpaired) electrons. The van der Waals surface area contributed by atoms with Crippen LogP contribution in [0.15, 0.2) is 37.1 Å². The number of anilines is 1. The quantitative estimate of drug-likeness (QED) is 0.806. The number of pyridine rings is 2. The highest BCUT2D eigenvalue weighted by atomic mass is 19.1. The normalized spacial score (nSPS) is 15.6. The molecule has 0 spiro atoms. The maximum atomic E-state index is 13.7. The number of amides is 1. The van der Waals surface area contributed by atoms with Crippen LogP contribution in [-0.2, 0) is 11.8 Å². The fraction of sp³-hybridized carbons (Fsp3) is 0.250. The molecule has 3 aromatic rings. The lowest BCUT2D eigenvalue weighted by Crippen LogP contribution is -2.25. The minimum Gasteiger partial charge on any atom is -0.334 e. The second-order valence-corrected chi connectivity index (χ2v) is 5.80. The van der Waals surface area contributed by atoms with Crippen LogP contribution in [0.3, 0.4) is 0 Å². The molecule has 3 aromatic heterocycles. The maximum Gasteiger partial charge on any atom is 0.263 e. The fourth-order valence-corrected chi connectivity index (χ4v) is 2.44. The summed E-state index contributed by atoms with van der Waals surface area (Å²) in [6, 6.07) is 3.64. The second-order valence-electron chi connectivity index (χ2n) is 5.80. The van der Waals surface area contributed by atoms with Crippen molar-refractivity contribution in [1.82, 2.24) is 19.5 Å². The van der Waals surface area contributed by atoms with Crippen molar-refractivity contribution in [3.63, 3.8) is 0 Å². The molecule has 4 rings (SSSR count). The van der Waals surface area contributed by atoms with E-state index in [2.05, 4.69) is 20.3 Å². The number of fused-ring (bicyclic) bond motifs is 1. The topological polar surface area (TPSA) is 72.7 Å². The Balaban J connectivity index is 1.69. The van der Waals surface area contributed by atoms with Crippen LogP contribution in [0.25, 0.3) is 22.2 Å². The number of hydrogen-bond donors (Lipinski definition) is 1. The average molecular weight is 311 g/mol. The van der Waals surface area contributed by atoms with Gasteiger partial charge in [-0.2, -0.15) is 0 Å². The third-order valence-corrected chi connectivity index (χ3v) is 4.02. The van der Waals surface area contributed by atoms with E-state index in [1.54, 1.807) is 31.0 Å². The van der Waals surface area contributed by atoms with Crippen LogP contribution >= 0.6 is 0 Å². The Kier molecular flexibility index (Phi) is 2.90. The van der Waals surface area contributed by atoms with E-state index < -0.39 is 11.6 Å². The average Bonchev–Trinajstić information content (AvgIpc) is 3.15. The van der Waals surface area contributed by atoms with Crippen molar-refractivity contribution in [1.29, 1.82) is 0 Å². The van der Waals surface area contributed by atoms with Gasteiger partial charge < -0.3 is 9.88 Å². The molecular formula is C16H14FN5O. The van der Waals surface area contributed by atoms with Crippen molar-refractivity contribution in [3.8, 4) is 11.3 Å². The Hall–Kier alpha value is -2.83. The standard InChI is InChI=1S/C16H14FN5O/c1-22-9-18-8-13(22)11-4-10-5-14(20-7-12(10)19-6-11)21-15(23)16(17)2-3-16/h4-9H,2-3H2,1H3,(H,20,21,23). The summed E-state index contributed by atoms with van der Waals surface area (Å²) >= 11 is 0. The Morgan fingerprint density at radius 3 is 2.78 bits per heavy atom. The molecule has 0 atom stereocenters. The number of rotatable bonds is 3. The van der Waals surface area contributed by atoms with Crippen LogP contribution in [0.2, 0.25) is 0 Å². The molecule has 116 valence electrons. The molecule has 0 unspecified atom stereocenters. The van der Waals surface area contributed by atoms with Crippen molar-refractivity contribution < 1.29 is 9.18 Å². The van der Waals surface area contributed by atoms with Gasteiger partial charge in [0.1, 0.15) is 5.82 Å². The zero-order valence-corrected chi connectivity index (χ0v) is 12.5. The van der Waals surface area contributed by atoms with Crippen LogP contribution in [0.4, 0.5) is 10.2 Å². The molecule has 0 aliphatic heterocycles. The van der Waals surface area contributed by atoms with Gasteiger partial charge in [0.2, 0.25) is 0 Å². The maximum absolute atomic E-state index is 13.7. The smallest absolute Gasteiger partial charge is 0.263 e. The molecule has 0 saturated heterocycles. The molecule has 1 N–H and O–H groups in total. The lowest BCUT2D eigenvalue weighted by atomic mass is 10.1. The van der Waals surface area contributed by atoms with Gasteiger partial charge in [-0.15, -0.1) is 0 Å². The highest BCUT2D eigenvalue weighted by Crippen LogP contribution is 2.40. The van der Waals surface area contributed by atoms with Crippen LogP contribution in [-0.4, -0.2) is 31.1 Å². The minimum absolute atomic E-state index is 0.276. The Morgan fingerprint density at radius 1 is 1.26 bits per heavy atom. The van der Waals surface area contributed by atoms with E-state index >= 15 is 0 Å². The Bertz CT molecular complexity index is 916. The lowest BCUT2D eigenvalue weighted by molar-refractivity contribution is -0.122. The molecule has 0 bridgehead atoms. The van der Waals surface area contributed by atoms with E-state index in [1.807, 2.05) is 17.7 Å². The number of nitrogens with one attached hydrogen (secondary N) is 1. The van der Waals surface area contributed by atoms with Crippen LogP contribution in [0.1, 0.15) is 12.8 Å². The molecule has 1 saturated carbocycles. The predicted octanol–water partition coefficient (Wildman–Crippen LogP) is 2.47. The number of hydrogen-bond acceptors (Lipinski definition) is 4. The van der Waals surface area contributed by atoms with Gasteiger partial charge in [-0.05, 0) is 25.0 Å². The molecule has 1 aliphatic carbocycles. The highest BCUT2D eigenvalue weighted by Gasteiger charge is 2.50. The minimum atomic E-state index is -1.72. The number of aromatic nitrogens is 4. The van der Waals surface area contributed by atoms with Crippen LogP contribution in [0, 0.1) is 0 Å². The summed E-state index contributed by atoms with van der Waals surface area (Å²) in [6.07, 6.45) is 7.34. The number of nitrogens with zero attached hydrogens (tertiary/aromatic N) is 4. The summed E-state index contributed by atoms with van der Waals surface area (Å²) < 4.78 is 15.6. The third-order valence-electron chi connectivity index (χ3n) is 4.02. The number of imidazole rings is 1. The van der Waals surface area contributed by atoms with Gasteiger partial charge in [0.15, 0.2) is 5.67 Å². The summed E-state index contributed by atoms with van der Waals surface area (Å²) in [7, 11) is 1.90. The Morgan fingerprint density at radius 2 is 2.09 bits per heavy atom. The van der Waals surface area contributed by atoms with Gasteiger partial charge in [0, 0.05) is 24.2 Å². The molecular weight excluding hydrogens is 297 g/mol. The van der Waals surface area contributed by atoms with E-state index in [-0.39, 0.29) is 12.8 Å². The van der Waals surface area contributed by atoms with E-state index in [0.29, 0.717) is 11.3 Å². The largest absolute Gasteiger partial charge is 0.334 e. The van der Waals surface area contributed by atoms with Crippen LogP contribution < -0.4 is 5.32 Å². The molecule has 7 heteroatoms. The first-order chi connectivity index (χ1) is 11.0. The fourth-order valence-electron chi connectivity index (χ4n) is 2.44. The number of alkyl halides is 1. The first-order valence-electron chi connectivity index (χ1n) is 7.28. The summed E-state index contributed by atoms with van der Waals surface area (Å²) in [6.45, 7) is 0. The molecule has 0 aromatic carbocycles. The van der Waals surface area contributed by atoms with E-state index in [4.69, 9.17) is 0 Å². The first-order valence-corrected chi connectivity index (χ1v) is 7.28. The van der Waals surface area contributed by atoms with Gasteiger partial charge in [-0.25, -0.2) is 14.4 Å². The highest BCUT2D eigenvalue weighted by molar-refractivity contribution is 5.99. The second kappa shape index (κ2) is 4.84. The van der Waals surface area contributed by atoms with Crippen molar-refractivity contribution in [3.05, 3.63) is 37.1 Å².